The smallest absolute Gasteiger partial charge is 0.238 e. The van der Waals surface area contributed by atoms with Crippen LogP contribution in [0.2, 0.25) is 0 Å². The van der Waals surface area contributed by atoms with Gasteiger partial charge in [-0.2, -0.15) is 8.73 Å². The van der Waals surface area contributed by atoms with Crippen LogP contribution in [0.4, 0.5) is 17.1 Å². The van der Waals surface area contributed by atoms with Crippen molar-refractivity contribution in [3.8, 4) is 0 Å². The molecule has 0 spiro atoms. The Hall–Kier alpha value is -1.57. The summed E-state index contributed by atoms with van der Waals surface area (Å²) in [5.74, 6) is -0.0779. The van der Waals surface area contributed by atoms with Crippen molar-refractivity contribution in [2.75, 3.05) is 25.0 Å². The van der Waals surface area contributed by atoms with Crippen LogP contribution in [0, 0.1) is 0 Å². The fourth-order valence-electron chi connectivity index (χ4n) is 2.59. The number of hydrogen-bond acceptors (Lipinski definition) is 5. The molecule has 6 nitrogen and oxygen atoms in total. The maximum Gasteiger partial charge on any atom is 0.238 e. The van der Waals surface area contributed by atoms with E-state index in [9.17, 15) is 9.90 Å². The first kappa shape index (κ1) is 13.4. The maximum atomic E-state index is 12.1. The molecule has 1 aromatic rings. The van der Waals surface area contributed by atoms with Crippen molar-refractivity contribution >= 4 is 34.3 Å². The molecule has 3 rings (SSSR count). The number of amides is 1. The molecule has 1 amide bonds. The molecule has 1 fully saturated rings. The molecule has 2 heterocycles. The van der Waals surface area contributed by atoms with Crippen LogP contribution in [-0.2, 0) is 16.1 Å². The van der Waals surface area contributed by atoms with E-state index in [1.54, 1.807) is 0 Å². The lowest BCUT2D eigenvalue weighted by atomic mass is 10.2. The second-order valence-electron chi connectivity index (χ2n) is 4.93. The first-order chi connectivity index (χ1) is 9.78. The van der Waals surface area contributed by atoms with Gasteiger partial charge in [0.15, 0.2) is 0 Å². The molecule has 2 aliphatic rings. The monoisotopic (exact) mass is 292 g/mol. The van der Waals surface area contributed by atoms with Crippen molar-refractivity contribution in [3.63, 3.8) is 0 Å². The Kier molecular flexibility index (Phi) is 3.90. The molecule has 0 aromatic heterocycles. The van der Waals surface area contributed by atoms with E-state index in [2.05, 4.69) is 14.0 Å². The van der Waals surface area contributed by atoms with Gasteiger partial charge in [-0.1, -0.05) is 6.07 Å². The van der Waals surface area contributed by atoms with Crippen LogP contribution in [0.15, 0.2) is 26.9 Å². The van der Waals surface area contributed by atoms with Gasteiger partial charge in [-0.15, -0.1) is 0 Å². The standard InChI is InChI=1S/C13H16N4O2S/c18-8-9-3-2-6-17(9)7-12(19)14-10-4-1-5-11-13(10)16-20-15-11/h1,4-5,9,18H,2-3,6-8H2,(H,14,19)/t9-/m1/s1. The lowest BCUT2D eigenvalue weighted by Crippen LogP contribution is -2.38. The van der Waals surface area contributed by atoms with Crippen molar-refractivity contribution in [1.29, 1.82) is 0 Å². The number of nitrogens with one attached hydrogen (secondary N) is 1. The van der Waals surface area contributed by atoms with Gasteiger partial charge >= 0.3 is 0 Å². The lowest BCUT2D eigenvalue weighted by molar-refractivity contribution is -0.117. The molecular formula is C13H16N4O2S. The van der Waals surface area contributed by atoms with Gasteiger partial charge < -0.3 is 10.4 Å². The Morgan fingerprint density at radius 3 is 3.25 bits per heavy atom. The number of nitrogens with zero attached hydrogens (tertiary/aromatic N) is 3. The van der Waals surface area contributed by atoms with E-state index in [0.717, 1.165) is 42.1 Å². The van der Waals surface area contributed by atoms with Gasteiger partial charge in [-0.3, -0.25) is 9.69 Å². The Morgan fingerprint density at radius 2 is 2.40 bits per heavy atom. The topological polar surface area (TPSA) is 77.3 Å². The minimum Gasteiger partial charge on any atom is -0.395 e. The maximum absolute atomic E-state index is 12.1. The molecule has 1 aromatic carbocycles. The average Bonchev–Trinajstić information content (AvgIpc) is 3.07. The molecule has 7 heteroatoms. The highest BCUT2D eigenvalue weighted by atomic mass is 32.1. The first-order valence-electron chi connectivity index (χ1n) is 6.64. The van der Waals surface area contributed by atoms with Crippen molar-refractivity contribution in [2.24, 2.45) is 8.73 Å². The second-order valence-corrected chi connectivity index (χ2v) is 5.46. The first-order valence-corrected chi connectivity index (χ1v) is 7.37. The predicted octanol–water partition coefficient (Wildman–Crippen LogP) is 1.81. The Balaban J connectivity index is 1.65. The molecule has 20 heavy (non-hydrogen) atoms. The van der Waals surface area contributed by atoms with Crippen molar-refractivity contribution < 1.29 is 9.90 Å². The fraction of sp³-hybridized carbons (Fsp3) is 0.462. The number of rotatable bonds is 4. The van der Waals surface area contributed by atoms with Crippen LogP contribution in [0.5, 0.6) is 0 Å². The summed E-state index contributed by atoms with van der Waals surface area (Å²) in [6.07, 6.45) is 1.99. The molecule has 0 saturated carbocycles. The third-order valence-electron chi connectivity index (χ3n) is 3.62. The predicted molar refractivity (Wildman–Crippen MR) is 78.3 cm³/mol. The zero-order chi connectivity index (χ0) is 13.9. The molecule has 1 saturated heterocycles. The van der Waals surface area contributed by atoms with E-state index in [1.807, 2.05) is 23.1 Å². The van der Waals surface area contributed by atoms with Gasteiger partial charge in [0.25, 0.3) is 0 Å². The summed E-state index contributed by atoms with van der Waals surface area (Å²) < 4.78 is 8.35. The number of aliphatic hydroxyl groups is 1. The minimum atomic E-state index is -0.0779. The molecule has 106 valence electrons. The number of hydrogen-bond donors (Lipinski definition) is 2. The molecule has 0 unspecified atom stereocenters. The second kappa shape index (κ2) is 5.82. The van der Waals surface area contributed by atoms with E-state index < -0.39 is 0 Å². The molecule has 2 N–H and O–H groups in total. The van der Waals surface area contributed by atoms with Crippen LogP contribution in [0.1, 0.15) is 12.8 Å². The summed E-state index contributed by atoms with van der Waals surface area (Å²) in [6, 6.07) is 5.66. The van der Waals surface area contributed by atoms with Crippen LogP contribution < -0.4 is 5.32 Å². The van der Waals surface area contributed by atoms with Gasteiger partial charge in [0.1, 0.15) is 11.4 Å². The van der Waals surface area contributed by atoms with Crippen LogP contribution >= 0.6 is 0 Å². The summed E-state index contributed by atoms with van der Waals surface area (Å²) >= 11 is 1.14. The van der Waals surface area contributed by atoms with Crippen molar-refractivity contribution in [3.05, 3.63) is 18.2 Å². The molecule has 0 radical (unpaired) electrons. The van der Waals surface area contributed by atoms with E-state index in [-0.39, 0.29) is 18.6 Å². The highest BCUT2D eigenvalue weighted by Gasteiger charge is 2.25. The highest BCUT2D eigenvalue weighted by molar-refractivity contribution is 7.58. The Bertz CT molecular complexity index is 598. The number of benzene rings is 1. The lowest BCUT2D eigenvalue weighted by Gasteiger charge is -2.21. The summed E-state index contributed by atoms with van der Waals surface area (Å²) in [5.41, 5.74) is 2.22. The number of carbonyl (C=O) groups is 1. The zero-order valence-electron chi connectivity index (χ0n) is 11.0. The largest absolute Gasteiger partial charge is 0.395 e. The van der Waals surface area contributed by atoms with Gasteiger partial charge in [-0.25, -0.2) is 0 Å². The molecule has 1 atom stereocenters. The van der Waals surface area contributed by atoms with E-state index in [4.69, 9.17) is 0 Å². The third-order valence-corrected chi connectivity index (χ3v) is 4.16. The van der Waals surface area contributed by atoms with Gasteiger partial charge in [-0.05, 0) is 31.5 Å². The summed E-state index contributed by atoms with van der Waals surface area (Å²) in [6.45, 7) is 1.28. The van der Waals surface area contributed by atoms with Crippen molar-refractivity contribution in [1.82, 2.24) is 4.90 Å². The highest BCUT2D eigenvalue weighted by Crippen LogP contribution is 2.38. The van der Waals surface area contributed by atoms with Gasteiger partial charge in [0, 0.05) is 6.04 Å². The fourth-order valence-corrected chi connectivity index (χ4v) is 3.14. The van der Waals surface area contributed by atoms with Gasteiger partial charge in [0.2, 0.25) is 5.91 Å². The Labute approximate surface area is 120 Å². The van der Waals surface area contributed by atoms with Gasteiger partial charge in [0.05, 0.1) is 30.2 Å². The summed E-state index contributed by atoms with van der Waals surface area (Å²) in [7, 11) is 0. The summed E-state index contributed by atoms with van der Waals surface area (Å²) in [5, 5.41) is 12.1. The molecule has 0 bridgehead atoms. The quantitative estimate of drug-likeness (QED) is 0.902. The van der Waals surface area contributed by atoms with Crippen LogP contribution in [0.3, 0.4) is 0 Å². The molecular weight excluding hydrogens is 276 g/mol. The number of carbonyl (C=O) groups excluding carboxylic acids is 1. The normalized spacial score (nSPS) is 20.8. The van der Waals surface area contributed by atoms with Crippen molar-refractivity contribution in [2.45, 2.75) is 18.9 Å². The molecule has 2 aliphatic heterocycles. The van der Waals surface area contributed by atoms with E-state index >= 15 is 0 Å². The van der Waals surface area contributed by atoms with Crippen LogP contribution in [0.25, 0.3) is 0 Å². The Morgan fingerprint density at radius 1 is 1.50 bits per heavy atom. The average molecular weight is 292 g/mol. The summed E-state index contributed by atoms with van der Waals surface area (Å²) in [4.78, 5) is 14.1. The molecule has 0 aliphatic carbocycles. The number of aliphatic hydroxyl groups excluding tert-OH is 1. The number of fused-ring (bicyclic) bond motifs is 1. The number of likely N-dealkylation sites (tertiary alicyclic amines) is 1. The van der Waals surface area contributed by atoms with E-state index in [1.165, 1.54) is 0 Å². The van der Waals surface area contributed by atoms with E-state index in [0.29, 0.717) is 12.2 Å². The third kappa shape index (κ3) is 2.65. The van der Waals surface area contributed by atoms with Crippen LogP contribution in [-0.4, -0.2) is 41.7 Å². The minimum absolute atomic E-state index is 0.0779. The zero-order valence-corrected chi connectivity index (χ0v) is 11.8. The number of anilines is 1. The SMILES string of the molecule is O=C(CN1CCC[C@@H]1CO)Nc1cccc2c1N=S=N2.